The van der Waals surface area contributed by atoms with Crippen molar-refractivity contribution in [3.8, 4) is 5.75 Å². The van der Waals surface area contributed by atoms with Gasteiger partial charge in [-0.15, -0.1) is 0 Å². The zero-order chi connectivity index (χ0) is 23.3. The van der Waals surface area contributed by atoms with Gasteiger partial charge < -0.3 is 19.7 Å². The number of methoxy groups -OCH3 is 2. The van der Waals surface area contributed by atoms with Crippen LogP contribution in [0.1, 0.15) is 53.7 Å². The summed E-state index contributed by atoms with van der Waals surface area (Å²) in [6.07, 6.45) is 1.96. The number of carbonyl (C=O) groups is 3. The quantitative estimate of drug-likeness (QED) is 0.627. The molecule has 0 saturated carbocycles. The second-order valence-electron chi connectivity index (χ2n) is 7.98. The minimum Gasteiger partial charge on any atom is -0.497 e. The Kier molecular flexibility index (Phi) is 7.51. The predicted octanol–water partition coefficient (Wildman–Crippen LogP) is 4.12. The molecule has 3 rings (SSSR count). The zero-order valence-corrected chi connectivity index (χ0v) is 19.0. The van der Waals surface area contributed by atoms with Crippen LogP contribution >= 0.6 is 0 Å². The van der Waals surface area contributed by atoms with E-state index in [1.807, 2.05) is 36.1 Å². The van der Waals surface area contributed by atoms with Gasteiger partial charge in [0.1, 0.15) is 5.75 Å². The van der Waals surface area contributed by atoms with Crippen LogP contribution in [-0.2, 0) is 14.3 Å². The van der Waals surface area contributed by atoms with Crippen LogP contribution in [0, 0.1) is 12.8 Å². The number of anilines is 1. The Morgan fingerprint density at radius 2 is 1.84 bits per heavy atom. The summed E-state index contributed by atoms with van der Waals surface area (Å²) in [5, 5.41) is 2.94. The number of aryl methyl sites for hydroxylation is 1. The van der Waals surface area contributed by atoms with Crippen LogP contribution in [0.15, 0.2) is 42.5 Å². The van der Waals surface area contributed by atoms with Crippen molar-refractivity contribution in [2.45, 2.75) is 39.2 Å². The van der Waals surface area contributed by atoms with Gasteiger partial charge in [-0.2, -0.15) is 0 Å². The number of nitrogens with one attached hydrogen (secondary N) is 1. The predicted molar refractivity (Wildman–Crippen MR) is 122 cm³/mol. The van der Waals surface area contributed by atoms with E-state index in [0.29, 0.717) is 17.8 Å². The summed E-state index contributed by atoms with van der Waals surface area (Å²) in [7, 11) is 2.91. The van der Waals surface area contributed by atoms with Crippen LogP contribution in [0.4, 0.5) is 5.69 Å². The average molecular weight is 439 g/mol. The van der Waals surface area contributed by atoms with E-state index >= 15 is 0 Å². The molecule has 7 nitrogen and oxygen atoms in total. The van der Waals surface area contributed by atoms with Crippen LogP contribution < -0.4 is 10.1 Å². The van der Waals surface area contributed by atoms with Crippen molar-refractivity contribution in [1.82, 2.24) is 4.90 Å². The molecular weight excluding hydrogens is 408 g/mol. The number of likely N-dealkylation sites (tertiary alicyclic amines) is 1. The first-order valence-corrected chi connectivity index (χ1v) is 10.8. The lowest BCUT2D eigenvalue weighted by atomic mass is 9.92. The van der Waals surface area contributed by atoms with Gasteiger partial charge in [-0.3, -0.25) is 9.59 Å². The van der Waals surface area contributed by atoms with Crippen molar-refractivity contribution >= 4 is 23.5 Å². The summed E-state index contributed by atoms with van der Waals surface area (Å²) in [4.78, 5) is 39.9. The van der Waals surface area contributed by atoms with Gasteiger partial charge >= 0.3 is 5.97 Å². The monoisotopic (exact) mass is 438 g/mol. The summed E-state index contributed by atoms with van der Waals surface area (Å²) >= 11 is 0. The standard InChI is InChI=1S/C25H30N2O5/c1-5-6-13-27-22(28)15-20(23(27)17-9-11-19(31-3)12-10-17)24(29)26-21-14-18(25(30)32-4)8-7-16(21)2/h7-12,14,20,23H,5-6,13,15H2,1-4H3,(H,26,29)/t20-,23+/m1/s1. The minimum atomic E-state index is -0.547. The molecule has 1 saturated heterocycles. The van der Waals surface area contributed by atoms with Gasteiger partial charge in [0.05, 0.1) is 31.7 Å². The van der Waals surface area contributed by atoms with Crippen LogP contribution in [-0.4, -0.2) is 43.4 Å². The average Bonchev–Trinajstić information content (AvgIpc) is 3.14. The summed E-state index contributed by atoms with van der Waals surface area (Å²) in [5.74, 6) is -0.579. The lowest BCUT2D eigenvalue weighted by molar-refractivity contribution is -0.129. The maximum Gasteiger partial charge on any atom is 0.337 e. The SMILES string of the molecule is CCCCN1C(=O)C[C@@H](C(=O)Nc2cc(C(=O)OC)ccc2C)[C@@H]1c1ccc(OC)cc1. The Balaban J connectivity index is 1.90. The Morgan fingerprint density at radius 1 is 1.12 bits per heavy atom. The number of amides is 2. The second kappa shape index (κ2) is 10.3. The van der Waals surface area contributed by atoms with Crippen molar-refractivity contribution in [1.29, 1.82) is 0 Å². The fourth-order valence-electron chi connectivity index (χ4n) is 4.06. The minimum absolute atomic E-state index is 0.0283. The zero-order valence-electron chi connectivity index (χ0n) is 19.0. The second-order valence-corrected chi connectivity index (χ2v) is 7.98. The molecule has 1 aliphatic heterocycles. The van der Waals surface area contributed by atoms with Crippen molar-refractivity contribution < 1.29 is 23.9 Å². The Morgan fingerprint density at radius 3 is 2.47 bits per heavy atom. The normalized spacial score (nSPS) is 17.9. The van der Waals surface area contributed by atoms with Crippen LogP contribution in [0.3, 0.4) is 0 Å². The van der Waals surface area contributed by atoms with E-state index in [4.69, 9.17) is 9.47 Å². The number of unbranched alkanes of at least 4 members (excludes halogenated alkanes) is 1. The summed E-state index contributed by atoms with van der Waals surface area (Å²) in [6, 6.07) is 12.2. The molecule has 0 aromatic heterocycles. The smallest absolute Gasteiger partial charge is 0.337 e. The van der Waals surface area contributed by atoms with E-state index in [1.165, 1.54) is 7.11 Å². The van der Waals surface area contributed by atoms with Gasteiger partial charge in [-0.25, -0.2) is 4.79 Å². The molecule has 0 aliphatic carbocycles. The largest absolute Gasteiger partial charge is 0.497 e. The summed E-state index contributed by atoms with van der Waals surface area (Å²) < 4.78 is 10.0. The third-order valence-electron chi connectivity index (χ3n) is 5.89. The number of nitrogens with zero attached hydrogens (tertiary/aromatic N) is 1. The van der Waals surface area contributed by atoms with Crippen molar-refractivity contribution in [3.05, 3.63) is 59.2 Å². The van der Waals surface area contributed by atoms with Gasteiger partial charge in [0, 0.05) is 18.7 Å². The van der Waals surface area contributed by atoms with E-state index in [-0.39, 0.29) is 24.3 Å². The number of benzene rings is 2. The number of esters is 1. The number of rotatable bonds is 8. The van der Waals surface area contributed by atoms with Gasteiger partial charge in [0.25, 0.3) is 0 Å². The maximum absolute atomic E-state index is 13.4. The van der Waals surface area contributed by atoms with Crippen molar-refractivity contribution in [2.24, 2.45) is 5.92 Å². The van der Waals surface area contributed by atoms with Gasteiger partial charge in [-0.05, 0) is 48.7 Å². The van der Waals surface area contributed by atoms with Crippen LogP contribution in [0.5, 0.6) is 5.75 Å². The lowest BCUT2D eigenvalue weighted by Gasteiger charge is -2.28. The van der Waals surface area contributed by atoms with E-state index in [1.54, 1.807) is 25.3 Å². The van der Waals surface area contributed by atoms with Crippen LogP contribution in [0.2, 0.25) is 0 Å². The molecule has 1 N–H and O–H groups in total. The molecule has 2 aromatic carbocycles. The number of hydrogen-bond donors (Lipinski definition) is 1. The molecule has 170 valence electrons. The first-order chi connectivity index (χ1) is 15.4. The van der Waals surface area contributed by atoms with Crippen molar-refractivity contribution in [3.63, 3.8) is 0 Å². The molecule has 1 heterocycles. The van der Waals surface area contributed by atoms with E-state index < -0.39 is 11.9 Å². The first-order valence-electron chi connectivity index (χ1n) is 10.8. The molecule has 1 fully saturated rings. The van der Waals surface area contributed by atoms with Crippen molar-refractivity contribution in [2.75, 3.05) is 26.1 Å². The first kappa shape index (κ1) is 23.3. The summed E-state index contributed by atoms with van der Waals surface area (Å²) in [5.41, 5.74) is 2.60. The highest BCUT2D eigenvalue weighted by atomic mass is 16.5. The number of carbonyl (C=O) groups excluding carboxylic acids is 3. The molecule has 2 atom stereocenters. The van der Waals surface area contributed by atoms with E-state index in [9.17, 15) is 14.4 Å². The molecule has 2 aromatic rings. The molecule has 0 spiro atoms. The molecule has 2 amide bonds. The third-order valence-corrected chi connectivity index (χ3v) is 5.89. The van der Waals surface area contributed by atoms with Gasteiger partial charge in [-0.1, -0.05) is 31.5 Å². The van der Waals surface area contributed by atoms with E-state index in [0.717, 1.165) is 29.7 Å². The van der Waals surface area contributed by atoms with Gasteiger partial charge in [0.15, 0.2) is 0 Å². The molecular formula is C25H30N2O5. The Labute approximate surface area is 188 Å². The number of hydrogen-bond acceptors (Lipinski definition) is 5. The fraction of sp³-hybridized carbons (Fsp3) is 0.400. The number of ether oxygens (including phenoxy) is 2. The highest BCUT2D eigenvalue weighted by Gasteiger charge is 2.44. The Hall–Kier alpha value is -3.35. The highest BCUT2D eigenvalue weighted by Crippen LogP contribution is 2.39. The molecule has 0 bridgehead atoms. The molecule has 0 radical (unpaired) electrons. The van der Waals surface area contributed by atoms with E-state index in [2.05, 4.69) is 12.2 Å². The Bertz CT molecular complexity index is 986. The highest BCUT2D eigenvalue weighted by molar-refractivity contribution is 5.99. The third kappa shape index (κ3) is 4.93. The topological polar surface area (TPSA) is 84.9 Å². The van der Waals surface area contributed by atoms with Crippen LogP contribution in [0.25, 0.3) is 0 Å². The molecule has 7 heteroatoms. The molecule has 0 unspecified atom stereocenters. The lowest BCUT2D eigenvalue weighted by Crippen LogP contribution is -2.33. The maximum atomic E-state index is 13.4. The van der Waals surface area contributed by atoms with Gasteiger partial charge in [0.2, 0.25) is 11.8 Å². The molecule has 32 heavy (non-hydrogen) atoms. The summed E-state index contributed by atoms with van der Waals surface area (Å²) in [6.45, 7) is 4.53. The molecule has 1 aliphatic rings. The fourth-order valence-corrected chi connectivity index (χ4v) is 4.06.